The maximum absolute atomic E-state index is 11.8. The summed E-state index contributed by atoms with van der Waals surface area (Å²) in [4.78, 5) is 0. The monoisotopic (exact) mass is 246 g/mol. The number of rotatable bonds is 5. The molecule has 5 nitrogen and oxygen atoms in total. The summed E-state index contributed by atoms with van der Waals surface area (Å²) in [7, 11) is -3.53. The maximum Gasteiger partial charge on any atom is 0.228 e. The number of nitriles is 1. The van der Waals surface area contributed by atoms with Crippen LogP contribution in [0.15, 0.2) is 0 Å². The molecule has 1 aliphatic rings. The zero-order valence-electron chi connectivity index (χ0n) is 9.64. The second-order valence-electron chi connectivity index (χ2n) is 4.10. The maximum atomic E-state index is 11.8. The van der Waals surface area contributed by atoms with Gasteiger partial charge in [0.2, 0.25) is 10.0 Å². The molecule has 1 aliphatic heterocycles. The molecule has 0 aliphatic carbocycles. The number of nitrogens with zero attached hydrogens (tertiary/aromatic N) is 1. The molecule has 0 aromatic carbocycles. The molecule has 0 spiro atoms. The third-order valence-electron chi connectivity index (χ3n) is 2.91. The molecular weight excluding hydrogens is 228 g/mol. The van der Waals surface area contributed by atoms with Crippen LogP contribution in [-0.2, 0) is 14.8 Å². The van der Waals surface area contributed by atoms with Gasteiger partial charge < -0.3 is 4.74 Å². The Kier molecular flexibility index (Phi) is 4.71. The SMILES string of the molecule is CCC(C#N)S(=O)(=O)NC(C)C1CCOC1. The molecule has 16 heavy (non-hydrogen) atoms. The van der Waals surface area contributed by atoms with E-state index in [0.717, 1.165) is 6.42 Å². The lowest BCUT2D eigenvalue weighted by Gasteiger charge is -2.20. The highest BCUT2D eigenvalue weighted by Crippen LogP contribution is 2.17. The van der Waals surface area contributed by atoms with Crippen molar-refractivity contribution in [1.82, 2.24) is 4.72 Å². The summed E-state index contributed by atoms with van der Waals surface area (Å²) in [5.41, 5.74) is 0. The van der Waals surface area contributed by atoms with E-state index in [9.17, 15) is 8.42 Å². The van der Waals surface area contributed by atoms with Crippen LogP contribution in [0.1, 0.15) is 26.7 Å². The molecule has 3 unspecified atom stereocenters. The fraction of sp³-hybridized carbons (Fsp3) is 0.900. The van der Waals surface area contributed by atoms with Crippen molar-refractivity contribution in [2.45, 2.75) is 38.0 Å². The molecule has 1 fully saturated rings. The van der Waals surface area contributed by atoms with E-state index in [4.69, 9.17) is 10.00 Å². The third kappa shape index (κ3) is 3.17. The van der Waals surface area contributed by atoms with Crippen LogP contribution >= 0.6 is 0 Å². The lowest BCUT2D eigenvalue weighted by molar-refractivity contribution is 0.180. The standard InChI is InChI=1S/C10H18N2O3S/c1-3-10(6-11)16(13,14)12-8(2)9-4-5-15-7-9/h8-10,12H,3-5,7H2,1-2H3. The minimum atomic E-state index is -3.53. The average molecular weight is 246 g/mol. The molecular formula is C10H18N2O3S. The van der Waals surface area contributed by atoms with E-state index in [2.05, 4.69) is 4.72 Å². The van der Waals surface area contributed by atoms with Crippen molar-refractivity contribution < 1.29 is 13.2 Å². The van der Waals surface area contributed by atoms with E-state index in [1.807, 2.05) is 6.92 Å². The third-order valence-corrected chi connectivity index (χ3v) is 4.80. The predicted molar refractivity (Wildman–Crippen MR) is 60.1 cm³/mol. The summed E-state index contributed by atoms with van der Waals surface area (Å²) >= 11 is 0. The van der Waals surface area contributed by atoms with Crippen LogP contribution in [0.5, 0.6) is 0 Å². The van der Waals surface area contributed by atoms with Crippen molar-refractivity contribution in [1.29, 1.82) is 5.26 Å². The first-order valence-corrected chi connectivity index (χ1v) is 7.04. The van der Waals surface area contributed by atoms with Crippen LogP contribution in [0.3, 0.4) is 0 Å². The van der Waals surface area contributed by atoms with Gasteiger partial charge in [-0.2, -0.15) is 5.26 Å². The summed E-state index contributed by atoms with van der Waals surface area (Å²) in [6, 6.07) is 1.63. The molecule has 0 aromatic rings. The summed E-state index contributed by atoms with van der Waals surface area (Å²) in [5.74, 6) is 0.214. The summed E-state index contributed by atoms with van der Waals surface area (Å²) in [6.45, 7) is 4.79. The van der Waals surface area contributed by atoms with Crippen molar-refractivity contribution in [3.8, 4) is 6.07 Å². The van der Waals surface area contributed by atoms with Crippen molar-refractivity contribution >= 4 is 10.0 Å². The van der Waals surface area contributed by atoms with Crippen LogP contribution in [0.4, 0.5) is 0 Å². The Morgan fingerprint density at radius 1 is 1.62 bits per heavy atom. The zero-order chi connectivity index (χ0) is 12.2. The molecule has 0 bridgehead atoms. The van der Waals surface area contributed by atoms with Crippen LogP contribution in [0.2, 0.25) is 0 Å². The van der Waals surface area contributed by atoms with E-state index in [1.165, 1.54) is 0 Å². The number of nitrogens with one attached hydrogen (secondary N) is 1. The molecule has 6 heteroatoms. The van der Waals surface area contributed by atoms with Gasteiger partial charge in [0.1, 0.15) is 0 Å². The number of hydrogen-bond donors (Lipinski definition) is 1. The number of sulfonamides is 1. The Morgan fingerprint density at radius 3 is 2.75 bits per heavy atom. The number of ether oxygens (including phenoxy) is 1. The smallest absolute Gasteiger partial charge is 0.228 e. The Hall–Kier alpha value is -0.640. The van der Waals surface area contributed by atoms with Gasteiger partial charge in [-0.3, -0.25) is 0 Å². The van der Waals surface area contributed by atoms with Crippen LogP contribution in [-0.4, -0.2) is 32.9 Å². The second kappa shape index (κ2) is 5.62. The molecule has 92 valence electrons. The molecule has 3 atom stereocenters. The fourth-order valence-corrected chi connectivity index (χ4v) is 3.22. The number of hydrogen-bond acceptors (Lipinski definition) is 4. The summed E-state index contributed by atoms with van der Waals surface area (Å²) in [5, 5.41) is 7.79. The highest BCUT2D eigenvalue weighted by molar-refractivity contribution is 7.90. The van der Waals surface area contributed by atoms with Gasteiger partial charge >= 0.3 is 0 Å². The van der Waals surface area contributed by atoms with E-state index >= 15 is 0 Å². The lowest BCUT2D eigenvalue weighted by Crippen LogP contribution is -2.42. The van der Waals surface area contributed by atoms with Crippen LogP contribution in [0, 0.1) is 17.2 Å². The van der Waals surface area contributed by atoms with Gasteiger partial charge in [-0.05, 0) is 19.8 Å². The van der Waals surface area contributed by atoms with E-state index in [0.29, 0.717) is 19.6 Å². The van der Waals surface area contributed by atoms with Gasteiger partial charge in [0.25, 0.3) is 0 Å². The van der Waals surface area contributed by atoms with Gasteiger partial charge in [0.05, 0.1) is 12.7 Å². The Bertz CT molecular complexity index is 355. The normalized spacial score (nSPS) is 24.9. The molecule has 1 saturated heterocycles. The van der Waals surface area contributed by atoms with E-state index in [-0.39, 0.29) is 12.0 Å². The molecule has 1 rings (SSSR count). The van der Waals surface area contributed by atoms with Gasteiger partial charge in [-0.25, -0.2) is 13.1 Å². The van der Waals surface area contributed by atoms with Crippen LogP contribution < -0.4 is 4.72 Å². The van der Waals surface area contributed by atoms with Crippen molar-refractivity contribution in [2.75, 3.05) is 13.2 Å². The zero-order valence-corrected chi connectivity index (χ0v) is 10.5. The molecule has 0 saturated carbocycles. The molecule has 1 heterocycles. The molecule has 0 amide bonds. The highest BCUT2D eigenvalue weighted by atomic mass is 32.2. The Labute approximate surface area is 96.8 Å². The lowest BCUT2D eigenvalue weighted by atomic mass is 10.0. The minimum absolute atomic E-state index is 0.171. The van der Waals surface area contributed by atoms with Crippen molar-refractivity contribution in [2.24, 2.45) is 5.92 Å². The highest BCUT2D eigenvalue weighted by Gasteiger charge is 2.30. The van der Waals surface area contributed by atoms with Gasteiger partial charge in [0.15, 0.2) is 5.25 Å². The Balaban J connectivity index is 2.61. The first-order valence-electron chi connectivity index (χ1n) is 5.49. The van der Waals surface area contributed by atoms with Crippen LogP contribution in [0.25, 0.3) is 0 Å². The van der Waals surface area contributed by atoms with E-state index < -0.39 is 15.3 Å². The van der Waals surface area contributed by atoms with Gasteiger partial charge in [-0.1, -0.05) is 6.92 Å². The first-order chi connectivity index (χ1) is 7.51. The van der Waals surface area contributed by atoms with Crippen molar-refractivity contribution in [3.05, 3.63) is 0 Å². The molecule has 0 aromatic heterocycles. The summed E-state index contributed by atoms with van der Waals surface area (Å²) in [6.07, 6.45) is 1.17. The van der Waals surface area contributed by atoms with Gasteiger partial charge in [0, 0.05) is 18.6 Å². The molecule has 1 N–H and O–H groups in total. The van der Waals surface area contributed by atoms with Gasteiger partial charge in [-0.15, -0.1) is 0 Å². The Morgan fingerprint density at radius 2 is 2.31 bits per heavy atom. The summed E-state index contributed by atoms with van der Waals surface area (Å²) < 4.78 is 31.3. The van der Waals surface area contributed by atoms with E-state index in [1.54, 1.807) is 13.0 Å². The first kappa shape index (κ1) is 13.4. The largest absolute Gasteiger partial charge is 0.381 e. The second-order valence-corrected chi connectivity index (χ2v) is 6.00. The molecule has 0 radical (unpaired) electrons. The predicted octanol–water partition coefficient (Wildman–Crippen LogP) is 0.633. The minimum Gasteiger partial charge on any atom is -0.381 e. The topological polar surface area (TPSA) is 79.2 Å². The van der Waals surface area contributed by atoms with Crippen molar-refractivity contribution in [3.63, 3.8) is 0 Å². The quantitative estimate of drug-likeness (QED) is 0.771. The average Bonchev–Trinajstić information content (AvgIpc) is 2.70. The fourth-order valence-electron chi connectivity index (χ4n) is 1.76.